The van der Waals surface area contributed by atoms with Crippen molar-refractivity contribution in [2.24, 2.45) is 0 Å². The summed E-state index contributed by atoms with van der Waals surface area (Å²) in [4.78, 5) is 15.7. The van der Waals surface area contributed by atoms with Gasteiger partial charge in [-0.2, -0.15) is 4.98 Å². The number of benzene rings is 1. The molecule has 1 aromatic heterocycles. The summed E-state index contributed by atoms with van der Waals surface area (Å²) in [6.07, 6.45) is 0. The number of anilines is 1. The summed E-state index contributed by atoms with van der Waals surface area (Å²) in [5.74, 6) is 0.459. The summed E-state index contributed by atoms with van der Waals surface area (Å²) in [6, 6.07) is 6.82. The van der Waals surface area contributed by atoms with Crippen LogP contribution in [0.4, 0.5) is 5.95 Å². The maximum Gasteiger partial charge on any atom is 0.216 e. The number of nitrogens with one attached hydrogen (secondary N) is 1. The first kappa shape index (κ1) is 11.9. The third kappa shape index (κ3) is 3.21. The first-order chi connectivity index (χ1) is 8.15. The molecule has 0 fully saturated rings. The largest absolute Gasteiger partial charge is 0.368 e. The van der Waals surface area contributed by atoms with Gasteiger partial charge in [0.1, 0.15) is 0 Å². The lowest BCUT2D eigenvalue weighted by molar-refractivity contribution is 0.102. The van der Waals surface area contributed by atoms with Crippen LogP contribution in [-0.2, 0) is 0 Å². The molecule has 1 aromatic carbocycles. The van der Waals surface area contributed by atoms with Crippen LogP contribution in [0.5, 0.6) is 0 Å². The van der Waals surface area contributed by atoms with Crippen molar-refractivity contribution in [1.82, 2.24) is 15.2 Å². The Balaban J connectivity index is 1.98. The number of H-pyrrole nitrogens is 1. The number of aromatic nitrogens is 3. The van der Waals surface area contributed by atoms with Gasteiger partial charge in [0.05, 0.1) is 5.75 Å². The highest BCUT2D eigenvalue weighted by Gasteiger charge is 2.09. The molecule has 0 amide bonds. The molecule has 2 rings (SSSR count). The molecule has 1 heterocycles. The maximum atomic E-state index is 11.8. The Labute approximate surface area is 107 Å². The molecule has 0 bridgehead atoms. The molecule has 0 aliphatic heterocycles. The number of halogens is 1. The van der Waals surface area contributed by atoms with E-state index >= 15 is 0 Å². The van der Waals surface area contributed by atoms with E-state index in [2.05, 4.69) is 15.2 Å². The van der Waals surface area contributed by atoms with Gasteiger partial charge in [0.25, 0.3) is 0 Å². The molecule has 0 unspecified atom stereocenters. The molecule has 88 valence electrons. The average Bonchev–Trinajstić information content (AvgIpc) is 2.72. The highest BCUT2D eigenvalue weighted by atomic mass is 35.5. The summed E-state index contributed by atoms with van der Waals surface area (Å²) in [5, 5.41) is 7.33. The van der Waals surface area contributed by atoms with Crippen LogP contribution in [0.25, 0.3) is 0 Å². The summed E-state index contributed by atoms with van der Waals surface area (Å²) in [6.45, 7) is 0. The van der Waals surface area contributed by atoms with Crippen molar-refractivity contribution < 1.29 is 4.79 Å². The molecule has 0 atom stereocenters. The zero-order valence-corrected chi connectivity index (χ0v) is 10.3. The first-order valence-electron chi connectivity index (χ1n) is 4.74. The number of hydrogen-bond donors (Lipinski definition) is 2. The van der Waals surface area contributed by atoms with Gasteiger partial charge in [0.2, 0.25) is 11.1 Å². The fourth-order valence-electron chi connectivity index (χ4n) is 1.20. The quantitative estimate of drug-likeness (QED) is 0.655. The van der Waals surface area contributed by atoms with E-state index in [1.165, 1.54) is 11.8 Å². The van der Waals surface area contributed by atoms with E-state index in [-0.39, 0.29) is 17.5 Å². The Morgan fingerprint density at radius 2 is 2.35 bits per heavy atom. The Kier molecular flexibility index (Phi) is 3.65. The average molecular weight is 269 g/mol. The number of nitrogens with zero attached hydrogens (tertiary/aromatic N) is 2. The molecule has 7 heteroatoms. The number of carbonyl (C=O) groups excluding carboxylic acids is 1. The van der Waals surface area contributed by atoms with Gasteiger partial charge in [0.15, 0.2) is 5.78 Å². The molecule has 0 saturated carbocycles. The lowest BCUT2D eigenvalue weighted by Gasteiger charge is -1.99. The van der Waals surface area contributed by atoms with Crippen LogP contribution in [0.3, 0.4) is 0 Å². The van der Waals surface area contributed by atoms with E-state index in [4.69, 9.17) is 17.3 Å². The van der Waals surface area contributed by atoms with E-state index in [1.807, 2.05) is 0 Å². The number of hydrogen-bond acceptors (Lipinski definition) is 5. The molecule has 2 aromatic rings. The molecule has 3 N–H and O–H groups in total. The van der Waals surface area contributed by atoms with Crippen LogP contribution in [0, 0.1) is 0 Å². The summed E-state index contributed by atoms with van der Waals surface area (Å²) in [5.41, 5.74) is 5.95. The monoisotopic (exact) mass is 268 g/mol. The van der Waals surface area contributed by atoms with Crippen LogP contribution in [0.15, 0.2) is 29.4 Å². The third-order valence-corrected chi connectivity index (χ3v) is 3.04. The van der Waals surface area contributed by atoms with Crippen molar-refractivity contribution in [2.45, 2.75) is 5.16 Å². The minimum Gasteiger partial charge on any atom is -0.368 e. The Bertz CT molecular complexity index is 543. The molecular formula is C10H9ClN4OS. The van der Waals surface area contributed by atoms with Crippen LogP contribution in [0.2, 0.25) is 5.02 Å². The molecule has 0 saturated heterocycles. The number of Topliss-reactive ketones (excluding diaryl/α,β-unsaturated/α-hetero) is 1. The van der Waals surface area contributed by atoms with Gasteiger partial charge in [-0.05, 0) is 12.1 Å². The number of ketones is 1. The zero-order valence-electron chi connectivity index (χ0n) is 8.68. The van der Waals surface area contributed by atoms with Crippen LogP contribution in [0.1, 0.15) is 10.4 Å². The van der Waals surface area contributed by atoms with Gasteiger partial charge in [0, 0.05) is 10.6 Å². The number of aromatic amines is 1. The van der Waals surface area contributed by atoms with Gasteiger partial charge in [-0.15, -0.1) is 5.10 Å². The minimum atomic E-state index is -0.0270. The normalized spacial score (nSPS) is 10.4. The first-order valence-corrected chi connectivity index (χ1v) is 6.11. The second kappa shape index (κ2) is 5.20. The Hall–Kier alpha value is -1.53. The van der Waals surface area contributed by atoms with Gasteiger partial charge < -0.3 is 5.73 Å². The Morgan fingerprint density at radius 1 is 1.53 bits per heavy atom. The second-order valence-electron chi connectivity index (χ2n) is 3.23. The molecule has 0 aliphatic rings. The van der Waals surface area contributed by atoms with Crippen molar-refractivity contribution in [3.05, 3.63) is 34.9 Å². The summed E-state index contributed by atoms with van der Waals surface area (Å²) >= 11 is 7.03. The maximum absolute atomic E-state index is 11.8. The number of carbonyl (C=O) groups is 1. The SMILES string of the molecule is Nc1nc(SCC(=O)c2cccc(Cl)c2)n[nH]1. The van der Waals surface area contributed by atoms with Gasteiger partial charge in [-0.3, -0.25) is 4.79 Å². The van der Waals surface area contributed by atoms with E-state index < -0.39 is 0 Å². The minimum absolute atomic E-state index is 0.0270. The van der Waals surface area contributed by atoms with Crippen LogP contribution >= 0.6 is 23.4 Å². The van der Waals surface area contributed by atoms with Crippen molar-refractivity contribution in [3.8, 4) is 0 Å². The van der Waals surface area contributed by atoms with Crippen LogP contribution in [-0.4, -0.2) is 26.7 Å². The van der Waals surface area contributed by atoms with Crippen molar-refractivity contribution in [3.63, 3.8) is 0 Å². The van der Waals surface area contributed by atoms with Gasteiger partial charge in [-0.1, -0.05) is 35.5 Å². The van der Waals surface area contributed by atoms with Gasteiger partial charge in [-0.25, -0.2) is 5.10 Å². The van der Waals surface area contributed by atoms with E-state index in [0.29, 0.717) is 15.7 Å². The van der Waals surface area contributed by atoms with Crippen molar-refractivity contribution in [2.75, 3.05) is 11.5 Å². The Morgan fingerprint density at radius 3 is 3.00 bits per heavy atom. The van der Waals surface area contributed by atoms with Crippen molar-refractivity contribution in [1.29, 1.82) is 0 Å². The van der Waals surface area contributed by atoms with Crippen LogP contribution < -0.4 is 5.73 Å². The van der Waals surface area contributed by atoms with Gasteiger partial charge >= 0.3 is 0 Å². The lowest BCUT2D eigenvalue weighted by atomic mass is 10.1. The van der Waals surface area contributed by atoms with E-state index in [1.54, 1.807) is 24.3 Å². The smallest absolute Gasteiger partial charge is 0.216 e. The highest BCUT2D eigenvalue weighted by molar-refractivity contribution is 7.99. The molecule has 5 nitrogen and oxygen atoms in total. The second-order valence-corrected chi connectivity index (χ2v) is 4.60. The molecule has 17 heavy (non-hydrogen) atoms. The third-order valence-electron chi connectivity index (χ3n) is 1.96. The summed E-state index contributed by atoms with van der Waals surface area (Å²) in [7, 11) is 0. The number of thioether (sulfide) groups is 1. The fraction of sp³-hybridized carbons (Fsp3) is 0.100. The predicted molar refractivity (Wildman–Crippen MR) is 67.3 cm³/mol. The predicted octanol–water partition coefficient (Wildman–Crippen LogP) is 2.02. The number of nitrogen functional groups attached to an aromatic ring is 1. The molecule has 0 spiro atoms. The molecule has 0 aliphatic carbocycles. The number of nitrogens with two attached hydrogens (primary N) is 1. The van der Waals surface area contributed by atoms with E-state index in [9.17, 15) is 4.79 Å². The summed E-state index contributed by atoms with van der Waals surface area (Å²) < 4.78 is 0. The molecule has 0 radical (unpaired) electrons. The topological polar surface area (TPSA) is 84.7 Å². The standard InChI is InChI=1S/C10H9ClN4OS/c11-7-3-1-2-6(4-7)8(16)5-17-10-13-9(12)14-15-10/h1-4H,5H2,(H3,12,13,14,15). The number of rotatable bonds is 4. The highest BCUT2D eigenvalue weighted by Crippen LogP contribution is 2.17. The van der Waals surface area contributed by atoms with Crippen molar-refractivity contribution >= 4 is 35.1 Å². The fourth-order valence-corrected chi connectivity index (χ4v) is 2.09. The lowest BCUT2D eigenvalue weighted by Crippen LogP contribution is -2.02. The van der Waals surface area contributed by atoms with E-state index in [0.717, 1.165) is 0 Å². The zero-order chi connectivity index (χ0) is 12.3. The molecular weight excluding hydrogens is 260 g/mol.